The minimum Gasteiger partial charge on any atom is -0.192 e. The summed E-state index contributed by atoms with van der Waals surface area (Å²) in [7, 11) is 0. The van der Waals surface area contributed by atoms with Gasteiger partial charge in [-0.3, -0.25) is 0 Å². The van der Waals surface area contributed by atoms with Crippen molar-refractivity contribution in [3.05, 3.63) is 59.2 Å². The maximum Gasteiger partial charge on any atom is 0.101 e. The van der Waals surface area contributed by atoms with Gasteiger partial charge in [-0.05, 0) is 56.8 Å². The lowest BCUT2D eigenvalue weighted by molar-refractivity contribution is 0.591. The Morgan fingerprint density at radius 2 is 1.18 bits per heavy atom. The van der Waals surface area contributed by atoms with Crippen LogP contribution >= 0.6 is 0 Å². The molecule has 0 aliphatic heterocycles. The molecule has 0 spiro atoms. The number of rotatable bonds is 0. The monoisotopic (exact) mass is 284 g/mol. The molecule has 0 radical (unpaired) electrons. The molecule has 2 heteroatoms. The molecule has 3 rings (SSSR count). The van der Waals surface area contributed by atoms with Gasteiger partial charge in [-0.2, -0.15) is 10.5 Å². The largest absolute Gasteiger partial charge is 0.192 e. The Hall–Kier alpha value is -2.84. The Kier molecular flexibility index (Phi) is 3.12. The maximum absolute atomic E-state index is 9.17. The first-order chi connectivity index (χ1) is 10.4. The second-order valence-electron chi connectivity index (χ2n) is 6.63. The van der Waals surface area contributed by atoms with Gasteiger partial charge in [0, 0.05) is 0 Å². The Labute approximate surface area is 130 Å². The SMILES string of the molecule is CC(C)(C)c1ccc2cc3cc(C#N)c(C#N)cc3cc2c1. The first-order valence-corrected chi connectivity index (χ1v) is 7.24. The molecule has 3 aromatic carbocycles. The summed E-state index contributed by atoms with van der Waals surface area (Å²) in [4.78, 5) is 0. The van der Waals surface area contributed by atoms with Crippen LogP contribution in [0.4, 0.5) is 0 Å². The number of hydrogen-bond donors (Lipinski definition) is 0. The summed E-state index contributed by atoms with van der Waals surface area (Å²) in [6.45, 7) is 6.59. The highest BCUT2D eigenvalue weighted by atomic mass is 14.3. The summed E-state index contributed by atoms with van der Waals surface area (Å²) < 4.78 is 0. The zero-order chi connectivity index (χ0) is 15.9. The van der Waals surface area contributed by atoms with Crippen LogP contribution in [-0.4, -0.2) is 0 Å². The molecule has 106 valence electrons. The van der Waals surface area contributed by atoms with Gasteiger partial charge in [0.25, 0.3) is 0 Å². The van der Waals surface area contributed by atoms with Crippen molar-refractivity contribution in [1.29, 1.82) is 10.5 Å². The van der Waals surface area contributed by atoms with Gasteiger partial charge in [0.1, 0.15) is 12.1 Å². The van der Waals surface area contributed by atoms with E-state index in [2.05, 4.69) is 63.2 Å². The summed E-state index contributed by atoms with van der Waals surface area (Å²) >= 11 is 0. The van der Waals surface area contributed by atoms with Crippen LogP contribution in [0, 0.1) is 22.7 Å². The average Bonchev–Trinajstić information content (AvgIpc) is 2.50. The van der Waals surface area contributed by atoms with Crippen LogP contribution in [0.2, 0.25) is 0 Å². The first-order valence-electron chi connectivity index (χ1n) is 7.24. The fourth-order valence-corrected chi connectivity index (χ4v) is 2.70. The second-order valence-corrected chi connectivity index (χ2v) is 6.63. The van der Waals surface area contributed by atoms with E-state index >= 15 is 0 Å². The zero-order valence-corrected chi connectivity index (χ0v) is 12.9. The maximum atomic E-state index is 9.17. The third-order valence-corrected chi connectivity index (χ3v) is 4.04. The van der Waals surface area contributed by atoms with Gasteiger partial charge in [0.2, 0.25) is 0 Å². The van der Waals surface area contributed by atoms with E-state index in [0.717, 1.165) is 21.5 Å². The molecule has 0 aromatic heterocycles. The molecular weight excluding hydrogens is 268 g/mol. The molecule has 0 saturated carbocycles. The van der Waals surface area contributed by atoms with E-state index in [9.17, 15) is 5.26 Å². The van der Waals surface area contributed by atoms with Crippen molar-refractivity contribution in [3.8, 4) is 12.1 Å². The minimum absolute atomic E-state index is 0.103. The van der Waals surface area contributed by atoms with Gasteiger partial charge in [-0.15, -0.1) is 0 Å². The molecule has 0 N–H and O–H groups in total. The fourth-order valence-electron chi connectivity index (χ4n) is 2.70. The van der Waals surface area contributed by atoms with Crippen LogP contribution in [0.3, 0.4) is 0 Å². The highest BCUT2D eigenvalue weighted by molar-refractivity contribution is 5.99. The van der Waals surface area contributed by atoms with Crippen molar-refractivity contribution in [3.63, 3.8) is 0 Å². The van der Waals surface area contributed by atoms with Crippen LogP contribution in [0.15, 0.2) is 42.5 Å². The van der Waals surface area contributed by atoms with Crippen LogP contribution < -0.4 is 0 Å². The average molecular weight is 284 g/mol. The van der Waals surface area contributed by atoms with Crippen LogP contribution in [0.25, 0.3) is 21.5 Å². The summed E-state index contributed by atoms with van der Waals surface area (Å²) in [5.74, 6) is 0. The highest BCUT2D eigenvalue weighted by Crippen LogP contribution is 2.30. The third-order valence-electron chi connectivity index (χ3n) is 4.04. The van der Waals surface area contributed by atoms with Crippen molar-refractivity contribution in [2.24, 2.45) is 0 Å². The predicted molar refractivity (Wildman–Crippen MR) is 89.6 cm³/mol. The lowest BCUT2D eigenvalue weighted by Crippen LogP contribution is -2.10. The standard InChI is InChI=1S/C20H16N2/c1-20(2,3)19-5-4-13-6-14-8-17(11-21)18(12-22)9-15(14)7-16(13)10-19/h4-10H,1-3H3. The predicted octanol–water partition coefficient (Wildman–Crippen LogP) is 5.03. The topological polar surface area (TPSA) is 47.6 Å². The van der Waals surface area contributed by atoms with Crippen molar-refractivity contribution in [2.45, 2.75) is 26.2 Å². The zero-order valence-electron chi connectivity index (χ0n) is 12.9. The molecule has 0 fully saturated rings. The molecule has 3 aromatic rings. The van der Waals surface area contributed by atoms with E-state index in [0.29, 0.717) is 11.1 Å². The molecule has 0 amide bonds. The van der Waals surface area contributed by atoms with Crippen LogP contribution in [0.1, 0.15) is 37.5 Å². The van der Waals surface area contributed by atoms with Crippen molar-refractivity contribution < 1.29 is 0 Å². The van der Waals surface area contributed by atoms with Gasteiger partial charge < -0.3 is 0 Å². The summed E-state index contributed by atoms with van der Waals surface area (Å²) in [6, 6.07) is 18.5. The second kappa shape index (κ2) is 4.86. The summed E-state index contributed by atoms with van der Waals surface area (Å²) in [5.41, 5.74) is 2.25. The van der Waals surface area contributed by atoms with E-state index in [1.807, 2.05) is 0 Å². The minimum atomic E-state index is 0.103. The molecule has 0 unspecified atom stereocenters. The van der Waals surface area contributed by atoms with Crippen LogP contribution in [-0.2, 0) is 5.41 Å². The molecule has 0 bridgehead atoms. The Morgan fingerprint density at radius 3 is 1.68 bits per heavy atom. The first kappa shape index (κ1) is 14.1. The van der Waals surface area contributed by atoms with E-state index in [4.69, 9.17) is 5.26 Å². The number of fused-ring (bicyclic) bond motifs is 2. The number of nitriles is 2. The van der Waals surface area contributed by atoms with Gasteiger partial charge in [0.15, 0.2) is 0 Å². The molecule has 0 atom stereocenters. The Balaban J connectivity index is 2.32. The normalized spacial score (nSPS) is 11.3. The lowest BCUT2D eigenvalue weighted by Gasteiger charge is -2.19. The fraction of sp³-hybridized carbons (Fsp3) is 0.200. The summed E-state index contributed by atoms with van der Waals surface area (Å²) in [6.07, 6.45) is 0. The number of nitrogens with zero attached hydrogens (tertiary/aromatic N) is 2. The van der Waals surface area contributed by atoms with Crippen molar-refractivity contribution in [2.75, 3.05) is 0 Å². The van der Waals surface area contributed by atoms with E-state index in [-0.39, 0.29) is 5.41 Å². The highest BCUT2D eigenvalue weighted by Gasteiger charge is 2.14. The lowest BCUT2D eigenvalue weighted by atomic mass is 9.85. The van der Waals surface area contributed by atoms with Gasteiger partial charge in [0.05, 0.1) is 11.1 Å². The summed E-state index contributed by atoms with van der Waals surface area (Å²) in [5, 5.41) is 22.6. The molecule has 0 aliphatic carbocycles. The van der Waals surface area contributed by atoms with E-state index in [1.165, 1.54) is 5.56 Å². The molecule has 0 aliphatic rings. The van der Waals surface area contributed by atoms with Crippen molar-refractivity contribution in [1.82, 2.24) is 0 Å². The molecule has 2 nitrogen and oxygen atoms in total. The van der Waals surface area contributed by atoms with Crippen LogP contribution in [0.5, 0.6) is 0 Å². The molecular formula is C20H16N2. The third kappa shape index (κ3) is 2.30. The van der Waals surface area contributed by atoms with E-state index in [1.54, 1.807) is 12.1 Å². The number of hydrogen-bond acceptors (Lipinski definition) is 2. The molecule has 0 saturated heterocycles. The van der Waals surface area contributed by atoms with Gasteiger partial charge in [-0.25, -0.2) is 0 Å². The van der Waals surface area contributed by atoms with Gasteiger partial charge >= 0.3 is 0 Å². The molecule has 0 heterocycles. The smallest absolute Gasteiger partial charge is 0.101 e. The van der Waals surface area contributed by atoms with Gasteiger partial charge in [-0.1, -0.05) is 39.0 Å². The van der Waals surface area contributed by atoms with E-state index < -0.39 is 0 Å². The van der Waals surface area contributed by atoms with Crippen molar-refractivity contribution >= 4 is 21.5 Å². The molecule has 22 heavy (non-hydrogen) atoms. The Bertz CT molecular complexity index is 977. The quantitative estimate of drug-likeness (QED) is 0.543. The Morgan fingerprint density at radius 1 is 0.682 bits per heavy atom. The number of benzene rings is 3.